The predicted molar refractivity (Wildman–Crippen MR) is 99.8 cm³/mol. The van der Waals surface area contributed by atoms with Crippen molar-refractivity contribution in [3.05, 3.63) is 77.0 Å². The number of amides is 1. The Balaban J connectivity index is 1.78. The molecule has 0 saturated carbocycles. The molecule has 3 rings (SSSR count). The van der Waals surface area contributed by atoms with Gasteiger partial charge < -0.3 is 10.1 Å². The molecule has 0 aliphatic heterocycles. The number of carbonyl (C=O) groups is 1. The van der Waals surface area contributed by atoms with Gasteiger partial charge in [0.25, 0.3) is 5.91 Å². The summed E-state index contributed by atoms with van der Waals surface area (Å²) in [7, 11) is 1.52. The van der Waals surface area contributed by atoms with E-state index in [9.17, 15) is 22.4 Å². The molecule has 30 heavy (non-hydrogen) atoms. The van der Waals surface area contributed by atoms with E-state index in [2.05, 4.69) is 15.4 Å². The fourth-order valence-electron chi connectivity index (χ4n) is 2.78. The fraction of sp³-hybridized carbons (Fsp3) is 0.250. The van der Waals surface area contributed by atoms with Crippen molar-refractivity contribution >= 4 is 5.91 Å². The summed E-state index contributed by atoms with van der Waals surface area (Å²) in [6.45, 7) is 0.704. The second-order valence-electron chi connectivity index (χ2n) is 6.44. The molecule has 158 valence electrons. The molecule has 0 aliphatic rings. The van der Waals surface area contributed by atoms with Gasteiger partial charge in [0.1, 0.15) is 5.82 Å². The van der Waals surface area contributed by atoms with Gasteiger partial charge in [-0.25, -0.2) is 14.1 Å². The molecule has 0 aliphatic carbocycles. The molecule has 10 heteroatoms. The normalized spacial score (nSPS) is 11.5. The van der Waals surface area contributed by atoms with E-state index in [1.54, 1.807) is 18.3 Å². The van der Waals surface area contributed by atoms with Crippen LogP contribution >= 0.6 is 0 Å². The van der Waals surface area contributed by atoms with Crippen LogP contribution in [0.15, 0.2) is 48.8 Å². The summed E-state index contributed by atoms with van der Waals surface area (Å²) in [6.07, 6.45) is -1.55. The number of hydrogen-bond acceptors (Lipinski definition) is 4. The Morgan fingerprint density at radius 1 is 1.17 bits per heavy atom. The number of nitrogens with zero attached hydrogens (tertiary/aromatic N) is 3. The van der Waals surface area contributed by atoms with Gasteiger partial charge in [-0.1, -0.05) is 0 Å². The summed E-state index contributed by atoms with van der Waals surface area (Å²) in [5.74, 6) is -0.956. The van der Waals surface area contributed by atoms with Crippen molar-refractivity contribution in [1.29, 1.82) is 0 Å². The van der Waals surface area contributed by atoms with E-state index in [0.717, 1.165) is 12.1 Å². The molecule has 0 spiro atoms. The molecule has 2 heterocycles. The highest BCUT2D eigenvalue weighted by Crippen LogP contribution is 2.31. The average Bonchev–Trinajstić information content (AvgIpc) is 3.18. The number of nitrogens with one attached hydrogen (secondary N) is 1. The van der Waals surface area contributed by atoms with Crippen molar-refractivity contribution in [3.8, 4) is 5.82 Å². The summed E-state index contributed by atoms with van der Waals surface area (Å²) in [5, 5.41) is 6.80. The van der Waals surface area contributed by atoms with Crippen molar-refractivity contribution in [2.24, 2.45) is 0 Å². The Bertz CT molecular complexity index is 1030. The lowest BCUT2D eigenvalue weighted by Gasteiger charge is -2.10. The van der Waals surface area contributed by atoms with Crippen LogP contribution < -0.4 is 5.32 Å². The van der Waals surface area contributed by atoms with E-state index in [0.29, 0.717) is 30.6 Å². The lowest BCUT2D eigenvalue weighted by Crippen LogP contribution is -2.27. The Morgan fingerprint density at radius 2 is 1.97 bits per heavy atom. The van der Waals surface area contributed by atoms with Crippen LogP contribution in [-0.4, -0.2) is 40.9 Å². The molecule has 1 amide bonds. The minimum atomic E-state index is -4.63. The molecular formula is C20H18F4N4O2. The van der Waals surface area contributed by atoms with E-state index < -0.39 is 17.6 Å². The van der Waals surface area contributed by atoms with Crippen LogP contribution in [0.2, 0.25) is 0 Å². The lowest BCUT2D eigenvalue weighted by molar-refractivity contribution is -0.137. The maximum absolute atomic E-state index is 13.6. The molecule has 0 bridgehead atoms. The smallest absolute Gasteiger partial charge is 0.383 e. The molecule has 1 N–H and O–H groups in total. The Labute approximate surface area is 169 Å². The van der Waals surface area contributed by atoms with Crippen molar-refractivity contribution in [2.45, 2.75) is 12.6 Å². The summed E-state index contributed by atoms with van der Waals surface area (Å²) >= 11 is 0. The van der Waals surface area contributed by atoms with Gasteiger partial charge in [-0.3, -0.25) is 4.79 Å². The number of hydrogen-bond donors (Lipinski definition) is 1. The summed E-state index contributed by atoms with van der Waals surface area (Å²) in [6, 6.07) is 7.18. The van der Waals surface area contributed by atoms with Crippen LogP contribution in [0.5, 0.6) is 0 Å². The Morgan fingerprint density at radius 3 is 2.70 bits per heavy atom. The number of halogens is 4. The quantitative estimate of drug-likeness (QED) is 0.468. The van der Waals surface area contributed by atoms with Gasteiger partial charge in [0.2, 0.25) is 0 Å². The summed E-state index contributed by atoms with van der Waals surface area (Å²) in [5.41, 5.74) is -0.0697. The van der Waals surface area contributed by atoms with Gasteiger partial charge >= 0.3 is 6.18 Å². The van der Waals surface area contributed by atoms with Gasteiger partial charge in [0, 0.05) is 26.0 Å². The average molecular weight is 422 g/mol. The zero-order chi connectivity index (χ0) is 21.7. The molecule has 0 unspecified atom stereocenters. The Hall–Kier alpha value is -3.27. The maximum atomic E-state index is 13.6. The first-order chi connectivity index (χ1) is 14.3. The van der Waals surface area contributed by atoms with Crippen molar-refractivity contribution in [1.82, 2.24) is 20.1 Å². The number of aromatic nitrogens is 3. The van der Waals surface area contributed by atoms with Gasteiger partial charge in [-0.2, -0.15) is 18.3 Å². The Kier molecular flexibility index (Phi) is 6.46. The largest absolute Gasteiger partial charge is 0.416 e. The number of alkyl halides is 3. The van der Waals surface area contributed by atoms with Crippen molar-refractivity contribution in [3.63, 3.8) is 0 Å². The molecule has 0 fully saturated rings. The number of methoxy groups -OCH3 is 1. The molecule has 3 aromatic rings. The van der Waals surface area contributed by atoms with Crippen LogP contribution in [0.25, 0.3) is 5.82 Å². The first-order valence-electron chi connectivity index (χ1n) is 8.91. The first kappa shape index (κ1) is 21.4. The number of carbonyl (C=O) groups excluding carboxylic acids is 1. The third kappa shape index (κ3) is 5.41. The summed E-state index contributed by atoms with van der Waals surface area (Å²) in [4.78, 5) is 16.2. The SMILES string of the molecule is COCCNC(=O)c1ccn(-c2cc(Cc3cc(F)cc(C(F)(F)F)c3)ccn2)n1. The lowest BCUT2D eigenvalue weighted by atomic mass is 10.0. The van der Waals surface area contributed by atoms with E-state index in [4.69, 9.17) is 4.74 Å². The van der Waals surface area contributed by atoms with Crippen LogP contribution in [0, 0.1) is 5.82 Å². The van der Waals surface area contributed by atoms with Crippen LogP contribution in [-0.2, 0) is 17.3 Å². The monoisotopic (exact) mass is 422 g/mol. The van der Waals surface area contributed by atoms with Gasteiger partial charge in [-0.15, -0.1) is 0 Å². The maximum Gasteiger partial charge on any atom is 0.416 e. The van der Waals surface area contributed by atoms with E-state index >= 15 is 0 Å². The minimum Gasteiger partial charge on any atom is -0.383 e. The minimum absolute atomic E-state index is 0.0714. The van der Waals surface area contributed by atoms with Gasteiger partial charge in [0.05, 0.1) is 12.2 Å². The van der Waals surface area contributed by atoms with Crippen LogP contribution in [0.4, 0.5) is 17.6 Å². The fourth-order valence-corrected chi connectivity index (χ4v) is 2.78. The highest BCUT2D eigenvalue weighted by atomic mass is 19.4. The molecule has 0 atom stereocenters. The number of ether oxygens (including phenoxy) is 1. The topological polar surface area (TPSA) is 69.0 Å². The summed E-state index contributed by atoms with van der Waals surface area (Å²) < 4.78 is 58.6. The second kappa shape index (κ2) is 9.04. The van der Waals surface area contributed by atoms with Crippen LogP contribution in [0.3, 0.4) is 0 Å². The highest BCUT2D eigenvalue weighted by Gasteiger charge is 2.31. The molecule has 0 saturated heterocycles. The van der Waals surface area contributed by atoms with Crippen molar-refractivity contribution < 1.29 is 27.1 Å². The molecule has 6 nitrogen and oxygen atoms in total. The molecule has 2 aromatic heterocycles. The van der Waals surface area contributed by atoms with E-state index in [1.807, 2.05) is 0 Å². The zero-order valence-corrected chi connectivity index (χ0v) is 15.9. The molecule has 0 radical (unpaired) electrons. The number of pyridine rings is 1. The third-order valence-electron chi connectivity index (χ3n) is 4.15. The third-order valence-corrected chi connectivity index (χ3v) is 4.15. The van der Waals surface area contributed by atoms with Crippen molar-refractivity contribution in [2.75, 3.05) is 20.3 Å². The van der Waals surface area contributed by atoms with Gasteiger partial charge in [0.15, 0.2) is 11.5 Å². The van der Waals surface area contributed by atoms with E-state index in [-0.39, 0.29) is 23.6 Å². The van der Waals surface area contributed by atoms with Gasteiger partial charge in [-0.05, 0) is 53.9 Å². The van der Waals surface area contributed by atoms with E-state index in [1.165, 1.54) is 24.1 Å². The predicted octanol–water partition coefficient (Wildman–Crippen LogP) is 3.39. The number of rotatable bonds is 7. The second-order valence-corrected chi connectivity index (χ2v) is 6.44. The number of benzene rings is 1. The molecule has 1 aromatic carbocycles. The molecular weight excluding hydrogens is 404 g/mol. The van der Waals surface area contributed by atoms with Crippen LogP contribution in [0.1, 0.15) is 27.2 Å². The zero-order valence-electron chi connectivity index (χ0n) is 15.9. The first-order valence-corrected chi connectivity index (χ1v) is 8.91. The standard InChI is InChI=1S/C20H18F4N4O2/c1-30-7-5-26-19(29)17-3-6-28(27-17)18-11-13(2-4-25-18)8-14-9-15(20(22,23)24)12-16(21)10-14/h2-4,6,9-12H,5,7-8H2,1H3,(H,26,29). The highest BCUT2D eigenvalue weighted by molar-refractivity contribution is 5.92.